The second-order valence-electron chi connectivity index (χ2n) is 5.65. The highest BCUT2D eigenvalue weighted by Gasteiger charge is 1.99. The first kappa shape index (κ1) is 15.1. The predicted molar refractivity (Wildman–Crippen MR) is 97.8 cm³/mol. The molecule has 1 N–H and O–H groups in total. The second kappa shape index (κ2) is 6.97. The molecule has 0 spiro atoms. The van der Waals surface area contributed by atoms with Crippen LogP contribution in [0, 0.1) is 0 Å². The van der Waals surface area contributed by atoms with Crippen molar-refractivity contribution in [3.63, 3.8) is 0 Å². The summed E-state index contributed by atoms with van der Waals surface area (Å²) >= 11 is 0. The van der Waals surface area contributed by atoms with E-state index in [1.54, 1.807) is 6.08 Å². The number of aromatic nitrogens is 4. The molecule has 3 aromatic carbocycles. The van der Waals surface area contributed by atoms with Gasteiger partial charge in [0.15, 0.2) is 5.82 Å². The molecule has 0 atom stereocenters. The van der Waals surface area contributed by atoms with Gasteiger partial charge in [0.1, 0.15) is 12.4 Å². The molecule has 0 saturated heterocycles. The number of hydrogen-bond acceptors (Lipinski definition) is 4. The van der Waals surface area contributed by atoms with Crippen molar-refractivity contribution in [3.05, 3.63) is 83.7 Å². The lowest BCUT2D eigenvalue weighted by atomic mass is 10.1. The van der Waals surface area contributed by atoms with Crippen LogP contribution in [0.4, 0.5) is 0 Å². The van der Waals surface area contributed by atoms with Crippen molar-refractivity contribution in [2.45, 2.75) is 6.61 Å². The van der Waals surface area contributed by atoms with Crippen LogP contribution in [0.25, 0.3) is 22.9 Å². The highest BCUT2D eigenvalue weighted by molar-refractivity contribution is 5.82. The maximum absolute atomic E-state index is 5.94. The molecule has 0 aliphatic carbocycles. The van der Waals surface area contributed by atoms with E-state index in [1.807, 2.05) is 42.5 Å². The summed E-state index contributed by atoms with van der Waals surface area (Å²) in [6.45, 7) is 0.531. The van der Waals surface area contributed by atoms with Crippen LogP contribution in [0.15, 0.2) is 66.7 Å². The Hall–Kier alpha value is -3.47. The van der Waals surface area contributed by atoms with Crippen LogP contribution in [0.5, 0.6) is 5.75 Å². The maximum atomic E-state index is 5.94. The van der Waals surface area contributed by atoms with Gasteiger partial charge < -0.3 is 4.74 Å². The number of benzene rings is 3. The molecular formula is C20H16N4O. The fraction of sp³-hybridized carbons (Fsp3) is 0.0500. The minimum absolute atomic E-state index is 0.531. The molecule has 1 aromatic heterocycles. The van der Waals surface area contributed by atoms with Gasteiger partial charge >= 0.3 is 0 Å². The van der Waals surface area contributed by atoms with Gasteiger partial charge in [-0.1, -0.05) is 54.6 Å². The Balaban J connectivity index is 1.46. The van der Waals surface area contributed by atoms with Crippen molar-refractivity contribution >= 4 is 22.9 Å². The van der Waals surface area contributed by atoms with Gasteiger partial charge in [-0.25, -0.2) is 0 Å². The van der Waals surface area contributed by atoms with Gasteiger partial charge in [-0.3, -0.25) is 0 Å². The Labute approximate surface area is 145 Å². The summed E-state index contributed by atoms with van der Waals surface area (Å²) in [5.74, 6) is 1.37. The van der Waals surface area contributed by atoms with Crippen molar-refractivity contribution < 1.29 is 4.74 Å². The third-order valence-electron chi connectivity index (χ3n) is 3.86. The van der Waals surface area contributed by atoms with Crippen LogP contribution >= 0.6 is 0 Å². The molecular weight excluding hydrogens is 312 g/mol. The van der Waals surface area contributed by atoms with Crippen LogP contribution in [0.1, 0.15) is 17.0 Å². The summed E-state index contributed by atoms with van der Waals surface area (Å²) in [7, 11) is 0. The number of ether oxygens (including phenoxy) is 1. The topological polar surface area (TPSA) is 63.7 Å². The summed E-state index contributed by atoms with van der Waals surface area (Å²) in [5.41, 5.74) is 2.16. The lowest BCUT2D eigenvalue weighted by Crippen LogP contribution is -1.95. The third-order valence-corrected chi connectivity index (χ3v) is 3.86. The number of H-pyrrole nitrogens is 1. The summed E-state index contributed by atoms with van der Waals surface area (Å²) < 4.78 is 5.94. The normalized spacial score (nSPS) is 11.2. The number of aromatic amines is 1. The molecule has 5 heteroatoms. The first-order chi connectivity index (χ1) is 12.4. The molecule has 0 aliphatic heterocycles. The molecule has 0 saturated carbocycles. The summed E-state index contributed by atoms with van der Waals surface area (Å²) in [6.07, 6.45) is 3.72. The Morgan fingerprint density at radius 1 is 0.880 bits per heavy atom. The van der Waals surface area contributed by atoms with Crippen molar-refractivity contribution in [1.29, 1.82) is 0 Å². The lowest BCUT2D eigenvalue weighted by molar-refractivity contribution is 0.306. The van der Waals surface area contributed by atoms with Crippen LogP contribution in [-0.4, -0.2) is 20.6 Å². The Morgan fingerprint density at radius 2 is 1.80 bits per heavy atom. The molecule has 0 unspecified atom stereocenters. The number of rotatable bonds is 5. The Kier molecular flexibility index (Phi) is 4.20. The largest absolute Gasteiger partial charge is 0.489 e. The molecule has 1 heterocycles. The number of tetrazole rings is 1. The van der Waals surface area contributed by atoms with Crippen LogP contribution in [-0.2, 0) is 6.61 Å². The van der Waals surface area contributed by atoms with Crippen LogP contribution in [0.2, 0.25) is 0 Å². The van der Waals surface area contributed by atoms with Gasteiger partial charge in [0, 0.05) is 0 Å². The summed E-state index contributed by atoms with van der Waals surface area (Å²) in [4.78, 5) is 0. The highest BCUT2D eigenvalue weighted by Crippen LogP contribution is 2.19. The van der Waals surface area contributed by atoms with Gasteiger partial charge in [-0.05, 0) is 51.4 Å². The third kappa shape index (κ3) is 3.72. The molecule has 0 amide bonds. The average molecular weight is 328 g/mol. The van der Waals surface area contributed by atoms with Crippen LogP contribution in [0.3, 0.4) is 0 Å². The highest BCUT2D eigenvalue weighted by atomic mass is 16.5. The van der Waals surface area contributed by atoms with Gasteiger partial charge in [0.05, 0.1) is 0 Å². The van der Waals surface area contributed by atoms with Crippen LogP contribution < -0.4 is 4.74 Å². The van der Waals surface area contributed by atoms with E-state index in [1.165, 1.54) is 10.8 Å². The van der Waals surface area contributed by atoms with Crippen molar-refractivity contribution in [1.82, 2.24) is 20.6 Å². The van der Waals surface area contributed by atoms with E-state index < -0.39 is 0 Å². The number of fused-ring (bicyclic) bond motifs is 1. The van der Waals surface area contributed by atoms with Crippen molar-refractivity contribution in [2.24, 2.45) is 0 Å². The van der Waals surface area contributed by atoms with E-state index in [4.69, 9.17) is 4.74 Å². The molecule has 4 aromatic rings. The van der Waals surface area contributed by atoms with E-state index in [0.29, 0.717) is 12.4 Å². The number of nitrogens with one attached hydrogen (secondary N) is 1. The standard InChI is InChI=1S/C20H16N4O/c1-2-6-18-12-16(8-10-17(18)5-1)14-25-19-7-3-4-15(13-19)9-11-20-21-23-24-22-20/h1-13H,14H2,(H,21,22,23,24). The molecule has 0 aliphatic rings. The monoisotopic (exact) mass is 328 g/mol. The minimum atomic E-state index is 0.531. The Morgan fingerprint density at radius 3 is 2.68 bits per heavy atom. The number of nitrogens with zero attached hydrogens (tertiary/aromatic N) is 3. The van der Waals surface area contributed by atoms with Crippen molar-refractivity contribution in [2.75, 3.05) is 0 Å². The molecule has 4 rings (SSSR count). The fourth-order valence-corrected chi connectivity index (χ4v) is 2.61. The zero-order valence-electron chi connectivity index (χ0n) is 13.5. The smallest absolute Gasteiger partial charge is 0.197 e. The summed E-state index contributed by atoms with van der Waals surface area (Å²) in [6, 6.07) is 22.6. The lowest BCUT2D eigenvalue weighted by Gasteiger charge is -2.08. The molecule has 25 heavy (non-hydrogen) atoms. The average Bonchev–Trinajstić information content (AvgIpc) is 3.19. The first-order valence-corrected chi connectivity index (χ1v) is 7.99. The van der Waals surface area contributed by atoms with E-state index in [9.17, 15) is 0 Å². The summed E-state index contributed by atoms with van der Waals surface area (Å²) in [5, 5.41) is 16.2. The zero-order valence-corrected chi connectivity index (χ0v) is 13.5. The van der Waals surface area contributed by atoms with E-state index >= 15 is 0 Å². The maximum Gasteiger partial charge on any atom is 0.197 e. The molecule has 122 valence electrons. The Bertz CT molecular complexity index is 1010. The zero-order chi connectivity index (χ0) is 16.9. The quantitative estimate of drug-likeness (QED) is 0.599. The minimum Gasteiger partial charge on any atom is -0.489 e. The molecule has 0 fully saturated rings. The molecule has 0 bridgehead atoms. The molecule has 0 radical (unpaired) electrons. The SMILES string of the molecule is C(=Cc1nn[nH]n1)c1cccc(OCc2ccc3ccccc3c2)c1. The van der Waals surface area contributed by atoms with E-state index in [2.05, 4.69) is 51.0 Å². The van der Waals surface area contributed by atoms with Gasteiger partial charge in [-0.15, -0.1) is 10.2 Å². The van der Waals surface area contributed by atoms with Crippen molar-refractivity contribution in [3.8, 4) is 5.75 Å². The van der Waals surface area contributed by atoms with E-state index in [0.717, 1.165) is 16.9 Å². The van der Waals surface area contributed by atoms with Gasteiger partial charge in [0.2, 0.25) is 0 Å². The second-order valence-corrected chi connectivity index (χ2v) is 5.65. The first-order valence-electron chi connectivity index (χ1n) is 7.99. The van der Waals surface area contributed by atoms with Gasteiger partial charge in [0.25, 0.3) is 0 Å². The number of hydrogen-bond donors (Lipinski definition) is 1. The van der Waals surface area contributed by atoms with E-state index in [-0.39, 0.29) is 0 Å². The van der Waals surface area contributed by atoms with Gasteiger partial charge in [-0.2, -0.15) is 5.21 Å². The molecule has 5 nitrogen and oxygen atoms in total. The fourth-order valence-electron chi connectivity index (χ4n) is 2.61. The predicted octanol–water partition coefficient (Wildman–Crippen LogP) is 4.10.